The SMILES string of the molecule is Cc1nc(-c2ccccn2)sc1C(=O)OCC(=O)NC[C@H]1CCCO1. The zero-order valence-corrected chi connectivity index (χ0v) is 14.7. The van der Waals surface area contributed by atoms with Gasteiger partial charge in [-0.1, -0.05) is 6.07 Å². The number of ether oxygens (including phenoxy) is 2. The van der Waals surface area contributed by atoms with Crippen LogP contribution in [0.4, 0.5) is 0 Å². The van der Waals surface area contributed by atoms with E-state index in [1.807, 2.05) is 18.2 Å². The molecule has 0 unspecified atom stereocenters. The first-order chi connectivity index (χ1) is 12.1. The fraction of sp³-hybridized carbons (Fsp3) is 0.412. The number of carbonyl (C=O) groups excluding carboxylic acids is 2. The number of rotatable bonds is 6. The van der Waals surface area contributed by atoms with Crippen LogP contribution >= 0.6 is 11.3 Å². The number of hydrogen-bond acceptors (Lipinski definition) is 7. The molecule has 1 fully saturated rings. The number of esters is 1. The Labute approximate surface area is 149 Å². The van der Waals surface area contributed by atoms with E-state index >= 15 is 0 Å². The molecule has 0 radical (unpaired) electrons. The molecule has 0 bridgehead atoms. The van der Waals surface area contributed by atoms with Crippen molar-refractivity contribution in [3.63, 3.8) is 0 Å². The number of carbonyl (C=O) groups is 2. The van der Waals surface area contributed by atoms with Gasteiger partial charge >= 0.3 is 5.97 Å². The van der Waals surface area contributed by atoms with Gasteiger partial charge in [-0.15, -0.1) is 11.3 Å². The number of amides is 1. The summed E-state index contributed by atoms with van der Waals surface area (Å²) in [6.07, 6.45) is 3.68. The second-order valence-electron chi connectivity index (χ2n) is 5.66. The summed E-state index contributed by atoms with van der Waals surface area (Å²) in [7, 11) is 0. The molecule has 1 saturated heterocycles. The maximum absolute atomic E-state index is 12.2. The van der Waals surface area contributed by atoms with Crippen LogP contribution in [0.25, 0.3) is 10.7 Å². The topological polar surface area (TPSA) is 90.4 Å². The van der Waals surface area contributed by atoms with Gasteiger partial charge < -0.3 is 14.8 Å². The molecule has 132 valence electrons. The summed E-state index contributed by atoms with van der Waals surface area (Å²) in [5.41, 5.74) is 1.26. The van der Waals surface area contributed by atoms with Gasteiger partial charge in [-0.25, -0.2) is 9.78 Å². The van der Waals surface area contributed by atoms with E-state index in [4.69, 9.17) is 9.47 Å². The quantitative estimate of drug-likeness (QED) is 0.791. The summed E-state index contributed by atoms with van der Waals surface area (Å²) in [5.74, 6) is -0.889. The molecule has 2 aromatic rings. The van der Waals surface area contributed by atoms with Gasteiger partial charge in [-0.05, 0) is 31.9 Å². The van der Waals surface area contributed by atoms with Gasteiger partial charge in [0.2, 0.25) is 0 Å². The van der Waals surface area contributed by atoms with E-state index in [0.29, 0.717) is 27.8 Å². The summed E-state index contributed by atoms with van der Waals surface area (Å²) < 4.78 is 10.5. The van der Waals surface area contributed by atoms with Crippen molar-refractivity contribution in [2.24, 2.45) is 0 Å². The second kappa shape index (κ2) is 8.17. The normalized spacial score (nSPS) is 16.6. The van der Waals surface area contributed by atoms with Crippen molar-refractivity contribution in [1.82, 2.24) is 15.3 Å². The minimum atomic E-state index is -0.551. The lowest BCUT2D eigenvalue weighted by molar-refractivity contribution is -0.124. The third kappa shape index (κ3) is 4.61. The van der Waals surface area contributed by atoms with Crippen LogP contribution < -0.4 is 5.32 Å². The molecule has 1 amide bonds. The van der Waals surface area contributed by atoms with E-state index < -0.39 is 5.97 Å². The first kappa shape index (κ1) is 17.5. The third-order valence-corrected chi connectivity index (χ3v) is 4.91. The van der Waals surface area contributed by atoms with Crippen molar-refractivity contribution >= 4 is 23.2 Å². The van der Waals surface area contributed by atoms with Crippen LogP contribution in [0.1, 0.15) is 28.2 Å². The number of nitrogens with zero attached hydrogens (tertiary/aromatic N) is 2. The van der Waals surface area contributed by atoms with Crippen LogP contribution in [0, 0.1) is 6.92 Å². The van der Waals surface area contributed by atoms with Gasteiger partial charge in [0.05, 0.1) is 17.5 Å². The summed E-state index contributed by atoms with van der Waals surface area (Å²) in [4.78, 5) is 32.9. The molecule has 3 rings (SSSR count). The lowest BCUT2D eigenvalue weighted by Gasteiger charge is -2.10. The molecule has 25 heavy (non-hydrogen) atoms. The number of nitrogens with one attached hydrogen (secondary N) is 1. The van der Waals surface area contributed by atoms with Gasteiger partial charge in [-0.3, -0.25) is 9.78 Å². The molecular formula is C17H19N3O4S. The van der Waals surface area contributed by atoms with E-state index in [0.717, 1.165) is 19.4 Å². The Morgan fingerprint density at radius 3 is 3.04 bits per heavy atom. The van der Waals surface area contributed by atoms with Crippen molar-refractivity contribution in [3.8, 4) is 10.7 Å². The fourth-order valence-electron chi connectivity index (χ4n) is 2.47. The van der Waals surface area contributed by atoms with Crippen LogP contribution in [0.15, 0.2) is 24.4 Å². The zero-order chi connectivity index (χ0) is 17.6. The molecule has 1 aliphatic rings. The molecule has 7 nitrogen and oxygen atoms in total. The highest BCUT2D eigenvalue weighted by molar-refractivity contribution is 7.17. The average Bonchev–Trinajstić information content (AvgIpc) is 3.28. The van der Waals surface area contributed by atoms with E-state index in [9.17, 15) is 9.59 Å². The summed E-state index contributed by atoms with van der Waals surface area (Å²) in [6.45, 7) is 2.59. The molecule has 1 aliphatic heterocycles. The first-order valence-corrected chi connectivity index (χ1v) is 8.89. The van der Waals surface area contributed by atoms with Crippen LogP contribution in [-0.2, 0) is 14.3 Å². The Morgan fingerprint density at radius 1 is 1.44 bits per heavy atom. The van der Waals surface area contributed by atoms with Crippen molar-refractivity contribution in [2.45, 2.75) is 25.9 Å². The fourth-order valence-corrected chi connectivity index (χ4v) is 3.40. The van der Waals surface area contributed by atoms with Crippen molar-refractivity contribution in [2.75, 3.05) is 19.8 Å². The largest absolute Gasteiger partial charge is 0.451 e. The van der Waals surface area contributed by atoms with E-state index in [1.54, 1.807) is 13.1 Å². The first-order valence-electron chi connectivity index (χ1n) is 8.07. The molecule has 2 aromatic heterocycles. The molecule has 0 aliphatic carbocycles. The third-order valence-electron chi connectivity index (χ3n) is 3.75. The van der Waals surface area contributed by atoms with Gasteiger partial charge in [0, 0.05) is 19.3 Å². The average molecular weight is 361 g/mol. The van der Waals surface area contributed by atoms with Crippen molar-refractivity contribution < 1.29 is 19.1 Å². The second-order valence-corrected chi connectivity index (χ2v) is 6.66. The van der Waals surface area contributed by atoms with Gasteiger partial charge in [0.25, 0.3) is 5.91 Å². The smallest absolute Gasteiger partial charge is 0.350 e. The number of aromatic nitrogens is 2. The molecule has 8 heteroatoms. The maximum Gasteiger partial charge on any atom is 0.350 e. The standard InChI is InChI=1S/C17H19N3O4S/c1-11-15(25-16(20-11)13-6-2-3-7-18-13)17(22)24-10-14(21)19-9-12-5-4-8-23-12/h2-3,6-7,12H,4-5,8-10H2,1H3,(H,19,21)/t12-/m1/s1. The Bertz CT molecular complexity index is 742. The number of pyridine rings is 1. The van der Waals surface area contributed by atoms with E-state index in [1.165, 1.54) is 11.3 Å². The van der Waals surface area contributed by atoms with Crippen LogP contribution in [-0.4, -0.2) is 47.7 Å². The predicted molar refractivity (Wildman–Crippen MR) is 92.3 cm³/mol. The lowest BCUT2D eigenvalue weighted by Crippen LogP contribution is -2.34. The highest BCUT2D eigenvalue weighted by Crippen LogP contribution is 2.26. The predicted octanol–water partition coefficient (Wildman–Crippen LogP) is 1.97. The maximum atomic E-state index is 12.2. The highest BCUT2D eigenvalue weighted by Gasteiger charge is 2.20. The molecule has 0 aromatic carbocycles. The molecule has 0 saturated carbocycles. The van der Waals surface area contributed by atoms with E-state index in [-0.39, 0.29) is 18.6 Å². The van der Waals surface area contributed by atoms with Gasteiger partial charge in [-0.2, -0.15) is 0 Å². The van der Waals surface area contributed by atoms with Crippen LogP contribution in [0.3, 0.4) is 0 Å². The van der Waals surface area contributed by atoms with Crippen molar-refractivity contribution in [1.29, 1.82) is 0 Å². The lowest BCUT2D eigenvalue weighted by atomic mass is 10.2. The molecule has 1 atom stereocenters. The summed E-state index contributed by atoms with van der Waals surface area (Å²) in [6, 6.07) is 5.50. The van der Waals surface area contributed by atoms with Crippen LogP contribution in [0.5, 0.6) is 0 Å². The molecular weight excluding hydrogens is 342 g/mol. The molecule has 0 spiro atoms. The van der Waals surface area contributed by atoms with Crippen LogP contribution in [0.2, 0.25) is 0 Å². The Kier molecular flexibility index (Phi) is 5.72. The van der Waals surface area contributed by atoms with Gasteiger partial charge in [0.1, 0.15) is 9.88 Å². The number of aryl methyl sites for hydroxylation is 1. The monoisotopic (exact) mass is 361 g/mol. The minimum absolute atomic E-state index is 0.0596. The Hall–Kier alpha value is -2.32. The molecule has 3 heterocycles. The highest BCUT2D eigenvalue weighted by atomic mass is 32.1. The number of hydrogen-bond donors (Lipinski definition) is 1. The Morgan fingerprint density at radius 2 is 2.32 bits per heavy atom. The molecule has 1 N–H and O–H groups in total. The summed E-state index contributed by atoms with van der Waals surface area (Å²) >= 11 is 1.21. The summed E-state index contributed by atoms with van der Waals surface area (Å²) in [5, 5.41) is 3.36. The van der Waals surface area contributed by atoms with Crippen molar-refractivity contribution in [3.05, 3.63) is 35.0 Å². The Balaban J connectivity index is 1.52. The van der Waals surface area contributed by atoms with E-state index in [2.05, 4.69) is 15.3 Å². The van der Waals surface area contributed by atoms with Gasteiger partial charge in [0.15, 0.2) is 6.61 Å². The minimum Gasteiger partial charge on any atom is -0.451 e. The number of thiazole rings is 1. The zero-order valence-electron chi connectivity index (χ0n) is 13.9.